The van der Waals surface area contributed by atoms with Gasteiger partial charge in [-0.05, 0) is 20.4 Å². The lowest BCUT2D eigenvalue weighted by atomic mass is 10.3. The maximum absolute atomic E-state index is 3.37. The van der Waals surface area contributed by atoms with Crippen LogP contribution in [0.15, 0.2) is 0 Å². The summed E-state index contributed by atoms with van der Waals surface area (Å²) in [5.74, 6) is 0. The van der Waals surface area contributed by atoms with Crippen molar-refractivity contribution < 1.29 is 0 Å². The summed E-state index contributed by atoms with van der Waals surface area (Å²) < 4.78 is 0. The molecule has 0 rings (SSSR count). The van der Waals surface area contributed by atoms with Crippen LogP contribution in [0.2, 0.25) is 0 Å². The fraction of sp³-hybridized carbons (Fsp3) is 1.00. The van der Waals surface area contributed by atoms with Crippen molar-refractivity contribution >= 4 is 0 Å². The molecule has 2 heteroatoms. The molecule has 1 unspecified atom stereocenters. The van der Waals surface area contributed by atoms with E-state index in [1.165, 1.54) is 6.42 Å². The highest BCUT2D eigenvalue weighted by Gasteiger charge is 1.93. The summed E-state index contributed by atoms with van der Waals surface area (Å²) in [4.78, 5) is 0. The van der Waals surface area contributed by atoms with Crippen LogP contribution >= 0.6 is 0 Å². The zero-order valence-electron chi connectivity index (χ0n) is 6.70. The normalized spacial score (nSPS) is 13.7. The maximum atomic E-state index is 3.37. The van der Waals surface area contributed by atoms with Crippen LogP contribution in [0.5, 0.6) is 0 Å². The zero-order chi connectivity index (χ0) is 7.11. The molecule has 0 fully saturated rings. The number of nitrogens with one attached hydrogen (secondary N) is 2. The van der Waals surface area contributed by atoms with Gasteiger partial charge in [0.1, 0.15) is 0 Å². The van der Waals surface area contributed by atoms with E-state index in [-0.39, 0.29) is 0 Å². The summed E-state index contributed by atoms with van der Waals surface area (Å²) in [5, 5.41) is 6.46. The summed E-state index contributed by atoms with van der Waals surface area (Å²) in [6, 6.07) is 0.665. The minimum Gasteiger partial charge on any atom is -0.318 e. The number of hydrogen-bond donors (Lipinski definition) is 2. The molecule has 1 atom stereocenters. The Kier molecular flexibility index (Phi) is 5.99. The Hall–Kier alpha value is -0.0800. The van der Waals surface area contributed by atoms with Gasteiger partial charge in [0.15, 0.2) is 0 Å². The predicted molar refractivity (Wildman–Crippen MR) is 41.7 cm³/mol. The molecule has 0 saturated carbocycles. The molecule has 0 amide bonds. The molecule has 0 spiro atoms. The van der Waals surface area contributed by atoms with E-state index in [0.717, 1.165) is 13.1 Å². The van der Waals surface area contributed by atoms with Crippen LogP contribution in [0, 0.1) is 0 Å². The molecule has 56 valence electrons. The Morgan fingerprint density at radius 2 is 2.00 bits per heavy atom. The van der Waals surface area contributed by atoms with Gasteiger partial charge in [0.25, 0.3) is 0 Å². The van der Waals surface area contributed by atoms with Crippen molar-refractivity contribution in [2.45, 2.75) is 26.3 Å². The molecule has 0 heterocycles. The van der Waals surface area contributed by atoms with E-state index in [1.54, 1.807) is 0 Å². The van der Waals surface area contributed by atoms with Gasteiger partial charge in [-0.25, -0.2) is 0 Å². The lowest BCUT2D eigenvalue weighted by molar-refractivity contribution is 0.528. The second kappa shape index (κ2) is 6.05. The molecule has 9 heavy (non-hydrogen) atoms. The Balaban J connectivity index is 2.88. The standard InChI is InChI=1S/C7H18N2/c1-4-7(2)9-6-5-8-3/h7-9H,4-6H2,1-3H3. The molecule has 0 aliphatic heterocycles. The molecule has 2 N–H and O–H groups in total. The SMILES string of the molecule is CCC(C)NCCNC. The van der Waals surface area contributed by atoms with Crippen LogP contribution in [0.1, 0.15) is 20.3 Å². The van der Waals surface area contributed by atoms with E-state index in [2.05, 4.69) is 24.5 Å². The van der Waals surface area contributed by atoms with E-state index in [0.29, 0.717) is 6.04 Å². The van der Waals surface area contributed by atoms with E-state index < -0.39 is 0 Å². The molecule has 0 aromatic carbocycles. The Bertz CT molecular complexity index is 54.9. The van der Waals surface area contributed by atoms with Gasteiger partial charge in [0, 0.05) is 19.1 Å². The first kappa shape index (κ1) is 8.92. The fourth-order valence-corrected chi connectivity index (χ4v) is 0.588. The minimum atomic E-state index is 0.665. The van der Waals surface area contributed by atoms with Gasteiger partial charge in [-0.2, -0.15) is 0 Å². The number of rotatable bonds is 5. The van der Waals surface area contributed by atoms with Crippen molar-refractivity contribution in [3.8, 4) is 0 Å². The van der Waals surface area contributed by atoms with Gasteiger partial charge in [0.2, 0.25) is 0 Å². The van der Waals surface area contributed by atoms with Crippen molar-refractivity contribution in [2.75, 3.05) is 20.1 Å². The lowest BCUT2D eigenvalue weighted by Crippen LogP contribution is -2.31. The summed E-state index contributed by atoms with van der Waals surface area (Å²) in [6.07, 6.45) is 1.21. The highest BCUT2D eigenvalue weighted by atomic mass is 14.9. The molecule has 2 nitrogen and oxygen atoms in total. The summed E-state index contributed by atoms with van der Waals surface area (Å²) >= 11 is 0. The van der Waals surface area contributed by atoms with E-state index >= 15 is 0 Å². The molecule has 0 aliphatic rings. The summed E-state index contributed by atoms with van der Waals surface area (Å²) in [5.41, 5.74) is 0. The van der Waals surface area contributed by atoms with Gasteiger partial charge in [0.05, 0.1) is 0 Å². The van der Waals surface area contributed by atoms with Crippen LogP contribution in [-0.2, 0) is 0 Å². The molecular weight excluding hydrogens is 112 g/mol. The van der Waals surface area contributed by atoms with Crippen molar-refractivity contribution in [1.29, 1.82) is 0 Å². The summed E-state index contributed by atoms with van der Waals surface area (Å²) in [6.45, 7) is 6.53. The van der Waals surface area contributed by atoms with E-state index in [1.807, 2.05) is 7.05 Å². The van der Waals surface area contributed by atoms with E-state index in [9.17, 15) is 0 Å². The highest BCUT2D eigenvalue weighted by molar-refractivity contribution is 4.57. The number of hydrogen-bond acceptors (Lipinski definition) is 2. The van der Waals surface area contributed by atoms with Crippen LogP contribution < -0.4 is 10.6 Å². The molecule has 0 aliphatic carbocycles. The van der Waals surface area contributed by atoms with Gasteiger partial charge >= 0.3 is 0 Å². The molecule has 0 aromatic rings. The first-order valence-corrected chi connectivity index (χ1v) is 3.69. The van der Waals surface area contributed by atoms with Crippen LogP contribution in [0.3, 0.4) is 0 Å². The average Bonchev–Trinajstić information content (AvgIpc) is 1.89. The van der Waals surface area contributed by atoms with Crippen LogP contribution in [-0.4, -0.2) is 26.2 Å². The predicted octanol–water partition coefficient (Wildman–Crippen LogP) is 0.594. The fourth-order valence-electron chi connectivity index (χ4n) is 0.588. The third-order valence-corrected chi connectivity index (χ3v) is 1.48. The first-order chi connectivity index (χ1) is 4.31. The first-order valence-electron chi connectivity index (χ1n) is 3.69. The largest absolute Gasteiger partial charge is 0.318 e. The Morgan fingerprint density at radius 1 is 1.33 bits per heavy atom. The maximum Gasteiger partial charge on any atom is 0.00790 e. The lowest BCUT2D eigenvalue weighted by Gasteiger charge is -2.09. The van der Waals surface area contributed by atoms with Crippen molar-refractivity contribution in [3.63, 3.8) is 0 Å². The van der Waals surface area contributed by atoms with Crippen molar-refractivity contribution in [3.05, 3.63) is 0 Å². The Morgan fingerprint density at radius 3 is 2.44 bits per heavy atom. The molecule has 0 bridgehead atoms. The smallest absolute Gasteiger partial charge is 0.00790 e. The van der Waals surface area contributed by atoms with Crippen LogP contribution in [0.25, 0.3) is 0 Å². The van der Waals surface area contributed by atoms with Crippen molar-refractivity contribution in [1.82, 2.24) is 10.6 Å². The van der Waals surface area contributed by atoms with Crippen LogP contribution in [0.4, 0.5) is 0 Å². The molecule has 0 aromatic heterocycles. The topological polar surface area (TPSA) is 24.1 Å². The van der Waals surface area contributed by atoms with Gasteiger partial charge in [-0.1, -0.05) is 6.92 Å². The molecule has 0 saturated heterocycles. The Labute approximate surface area is 58.0 Å². The number of likely N-dealkylation sites (N-methyl/N-ethyl adjacent to an activating group) is 1. The highest BCUT2D eigenvalue weighted by Crippen LogP contribution is 1.84. The third kappa shape index (κ3) is 5.80. The molecule has 0 radical (unpaired) electrons. The quantitative estimate of drug-likeness (QED) is 0.532. The van der Waals surface area contributed by atoms with E-state index in [4.69, 9.17) is 0 Å². The zero-order valence-corrected chi connectivity index (χ0v) is 6.70. The molecular formula is C7H18N2. The van der Waals surface area contributed by atoms with Gasteiger partial charge in [-0.15, -0.1) is 0 Å². The third-order valence-electron chi connectivity index (χ3n) is 1.48. The second-order valence-corrected chi connectivity index (χ2v) is 2.37. The van der Waals surface area contributed by atoms with Gasteiger partial charge < -0.3 is 10.6 Å². The minimum absolute atomic E-state index is 0.665. The average molecular weight is 130 g/mol. The second-order valence-electron chi connectivity index (χ2n) is 2.37. The van der Waals surface area contributed by atoms with Gasteiger partial charge in [-0.3, -0.25) is 0 Å². The monoisotopic (exact) mass is 130 g/mol. The van der Waals surface area contributed by atoms with Crippen molar-refractivity contribution in [2.24, 2.45) is 0 Å². The summed E-state index contributed by atoms with van der Waals surface area (Å²) in [7, 11) is 1.97.